The molecule has 4 rings (SSSR count). The van der Waals surface area contributed by atoms with Crippen LogP contribution in [0.1, 0.15) is 6.92 Å². The van der Waals surface area contributed by atoms with Gasteiger partial charge in [-0.15, -0.1) is 0 Å². The van der Waals surface area contributed by atoms with Gasteiger partial charge >= 0.3 is 0 Å². The molecule has 0 saturated carbocycles. The fraction of sp³-hybridized carbons (Fsp3) is 0.350. The third-order valence-corrected chi connectivity index (χ3v) is 5.38. The zero-order valence-corrected chi connectivity index (χ0v) is 16.3. The summed E-state index contributed by atoms with van der Waals surface area (Å²) in [5, 5.41) is 4.83. The minimum absolute atomic E-state index is 0.724. The summed E-state index contributed by atoms with van der Waals surface area (Å²) < 4.78 is 4.84. The van der Waals surface area contributed by atoms with Gasteiger partial charge in [-0.05, 0) is 31.3 Å². The summed E-state index contributed by atoms with van der Waals surface area (Å²) in [5.74, 6) is 1.99. The first-order chi connectivity index (χ1) is 13.3. The lowest BCUT2D eigenvalue weighted by molar-refractivity contribution is 0.194. The second-order valence-corrected chi connectivity index (χ2v) is 7.02. The molecule has 1 aromatic carbocycles. The Bertz CT molecular complexity index is 926. The normalized spacial score (nSPS) is 15.2. The van der Waals surface area contributed by atoms with Gasteiger partial charge in [-0.1, -0.05) is 36.4 Å². The van der Waals surface area contributed by atoms with Gasteiger partial charge in [0.2, 0.25) is 0 Å². The molecule has 1 aliphatic heterocycles. The average molecular weight is 381 g/mol. The van der Waals surface area contributed by atoms with E-state index in [9.17, 15) is 0 Å². The number of pyridine rings is 1. The van der Waals surface area contributed by atoms with Crippen molar-refractivity contribution in [1.29, 1.82) is 0 Å². The lowest BCUT2D eigenvalue weighted by Gasteiger charge is -2.35. The summed E-state index contributed by atoms with van der Waals surface area (Å²) in [7, 11) is 0. The maximum atomic E-state index is 5.70. The van der Waals surface area contributed by atoms with E-state index in [1.165, 1.54) is 0 Å². The van der Waals surface area contributed by atoms with Crippen LogP contribution in [0.15, 0.2) is 54.7 Å². The molecule has 0 spiro atoms. The maximum Gasteiger partial charge on any atom is 0.199 e. The summed E-state index contributed by atoms with van der Waals surface area (Å²) in [4.78, 5) is 9.18. The molecule has 0 radical (unpaired) electrons. The van der Waals surface area contributed by atoms with Crippen LogP contribution in [0.5, 0.6) is 0 Å². The van der Waals surface area contributed by atoms with E-state index < -0.39 is 0 Å². The van der Waals surface area contributed by atoms with Crippen LogP contribution < -0.4 is 4.90 Å². The zero-order chi connectivity index (χ0) is 18.6. The van der Waals surface area contributed by atoms with Crippen molar-refractivity contribution in [2.45, 2.75) is 20.1 Å². The molecule has 6 nitrogen and oxygen atoms in total. The average Bonchev–Trinajstić information content (AvgIpc) is 3.05. The summed E-state index contributed by atoms with van der Waals surface area (Å²) >= 11 is 5.70. The van der Waals surface area contributed by atoms with Crippen LogP contribution in [-0.4, -0.2) is 50.4 Å². The van der Waals surface area contributed by atoms with Crippen molar-refractivity contribution in [1.82, 2.24) is 24.2 Å². The van der Waals surface area contributed by atoms with Crippen molar-refractivity contribution in [2.75, 3.05) is 31.1 Å². The topological polar surface area (TPSA) is 42.1 Å². The summed E-state index contributed by atoms with van der Waals surface area (Å²) in [6, 6.07) is 16.3. The molecular weight excluding hydrogens is 356 g/mol. The predicted octanol–water partition coefficient (Wildman–Crippen LogP) is 3.28. The molecule has 0 bridgehead atoms. The first-order valence-electron chi connectivity index (χ1n) is 9.37. The van der Waals surface area contributed by atoms with Gasteiger partial charge in [0.25, 0.3) is 0 Å². The van der Waals surface area contributed by atoms with Crippen molar-refractivity contribution in [3.8, 4) is 11.4 Å². The number of hydrogen-bond donors (Lipinski definition) is 0. The largest absolute Gasteiger partial charge is 0.354 e. The predicted molar refractivity (Wildman–Crippen MR) is 110 cm³/mol. The van der Waals surface area contributed by atoms with E-state index in [0.29, 0.717) is 0 Å². The SMILES string of the molecule is CCn1c(-c2ccccc2)nn(CN2CCN(c3ccccn3)CC2)c1=S. The highest BCUT2D eigenvalue weighted by Crippen LogP contribution is 2.19. The molecule has 140 valence electrons. The van der Waals surface area contributed by atoms with Crippen LogP contribution in [0.25, 0.3) is 11.4 Å². The van der Waals surface area contributed by atoms with Gasteiger partial charge in [0, 0.05) is 44.5 Å². The van der Waals surface area contributed by atoms with Gasteiger partial charge in [-0.25, -0.2) is 9.67 Å². The minimum Gasteiger partial charge on any atom is -0.354 e. The van der Waals surface area contributed by atoms with E-state index in [1.54, 1.807) is 0 Å². The van der Waals surface area contributed by atoms with Gasteiger partial charge in [0.15, 0.2) is 10.6 Å². The lowest BCUT2D eigenvalue weighted by Crippen LogP contribution is -2.47. The number of piperazine rings is 1. The molecule has 0 amide bonds. The highest BCUT2D eigenvalue weighted by atomic mass is 32.1. The van der Waals surface area contributed by atoms with Crippen LogP contribution in [-0.2, 0) is 13.2 Å². The molecule has 1 aliphatic rings. The highest BCUT2D eigenvalue weighted by molar-refractivity contribution is 7.71. The van der Waals surface area contributed by atoms with E-state index >= 15 is 0 Å². The van der Waals surface area contributed by atoms with Crippen molar-refractivity contribution in [2.24, 2.45) is 0 Å². The fourth-order valence-electron chi connectivity index (χ4n) is 3.47. The Hall–Kier alpha value is -2.51. The second-order valence-electron chi connectivity index (χ2n) is 6.65. The smallest absolute Gasteiger partial charge is 0.199 e. The number of rotatable bonds is 5. The number of benzene rings is 1. The Morgan fingerprint density at radius 2 is 1.70 bits per heavy atom. The number of anilines is 1. The van der Waals surface area contributed by atoms with Crippen LogP contribution in [0.2, 0.25) is 0 Å². The van der Waals surface area contributed by atoms with Crippen molar-refractivity contribution >= 4 is 18.0 Å². The van der Waals surface area contributed by atoms with Gasteiger partial charge < -0.3 is 9.47 Å². The molecule has 0 aliphatic carbocycles. The molecule has 3 heterocycles. The maximum absolute atomic E-state index is 5.70. The fourth-order valence-corrected chi connectivity index (χ4v) is 3.78. The number of nitrogens with zero attached hydrogens (tertiary/aromatic N) is 6. The molecule has 1 fully saturated rings. The Labute approximate surface area is 164 Å². The molecule has 0 N–H and O–H groups in total. The van der Waals surface area contributed by atoms with Crippen LogP contribution in [0.4, 0.5) is 5.82 Å². The Kier molecular flexibility index (Phi) is 5.31. The number of hydrogen-bond acceptors (Lipinski definition) is 5. The van der Waals surface area contributed by atoms with Gasteiger partial charge in [-0.2, -0.15) is 5.10 Å². The van der Waals surface area contributed by atoms with Crippen molar-refractivity contribution < 1.29 is 0 Å². The van der Waals surface area contributed by atoms with E-state index in [2.05, 4.69) is 44.5 Å². The van der Waals surface area contributed by atoms with E-state index in [-0.39, 0.29) is 0 Å². The summed E-state index contributed by atoms with van der Waals surface area (Å²) in [5.41, 5.74) is 1.10. The third-order valence-electron chi connectivity index (χ3n) is 4.95. The van der Waals surface area contributed by atoms with Crippen LogP contribution >= 0.6 is 12.2 Å². The van der Waals surface area contributed by atoms with Crippen LogP contribution in [0.3, 0.4) is 0 Å². The Morgan fingerprint density at radius 3 is 2.37 bits per heavy atom. The number of aromatic nitrogens is 4. The zero-order valence-electron chi connectivity index (χ0n) is 15.5. The monoisotopic (exact) mass is 380 g/mol. The van der Waals surface area contributed by atoms with Crippen LogP contribution in [0, 0.1) is 4.77 Å². The highest BCUT2D eigenvalue weighted by Gasteiger charge is 2.20. The molecule has 0 unspecified atom stereocenters. The molecule has 1 saturated heterocycles. The van der Waals surface area contributed by atoms with Gasteiger partial charge in [0.1, 0.15) is 5.82 Å². The summed E-state index contributed by atoms with van der Waals surface area (Å²) in [6.45, 7) is 7.52. The first-order valence-corrected chi connectivity index (χ1v) is 9.78. The van der Waals surface area contributed by atoms with Gasteiger partial charge in [0.05, 0.1) is 6.67 Å². The Morgan fingerprint density at radius 1 is 0.963 bits per heavy atom. The molecule has 2 aromatic heterocycles. The first kappa shape index (κ1) is 17.9. The van der Waals surface area contributed by atoms with Crippen molar-refractivity contribution in [3.05, 3.63) is 59.5 Å². The van der Waals surface area contributed by atoms with E-state index in [4.69, 9.17) is 17.3 Å². The standard InChI is InChI=1S/C20H24N6S/c1-2-25-19(17-8-4-3-5-9-17)22-26(20(25)27)16-23-12-14-24(15-13-23)18-10-6-7-11-21-18/h3-11H,2,12-16H2,1H3. The molecule has 27 heavy (non-hydrogen) atoms. The quantitative estimate of drug-likeness (QED) is 0.636. The molecular formula is C20H24N6S. The third kappa shape index (κ3) is 3.79. The molecule has 7 heteroatoms. The van der Waals surface area contributed by atoms with Gasteiger partial charge in [-0.3, -0.25) is 4.90 Å². The summed E-state index contributed by atoms with van der Waals surface area (Å²) in [6.07, 6.45) is 1.85. The second kappa shape index (κ2) is 8.02. The molecule has 3 aromatic rings. The van der Waals surface area contributed by atoms with E-state index in [1.807, 2.05) is 41.2 Å². The lowest BCUT2D eigenvalue weighted by atomic mass is 10.2. The molecule has 0 atom stereocenters. The van der Waals surface area contributed by atoms with Crippen molar-refractivity contribution in [3.63, 3.8) is 0 Å². The Balaban J connectivity index is 1.48. The minimum atomic E-state index is 0.724. The van der Waals surface area contributed by atoms with E-state index in [0.717, 1.165) is 61.4 Å².